The number of fused-ring (bicyclic) bond motifs is 1. The van der Waals surface area contributed by atoms with Gasteiger partial charge in [0.2, 0.25) is 0 Å². The van der Waals surface area contributed by atoms with Gasteiger partial charge in [0, 0.05) is 5.56 Å². The highest BCUT2D eigenvalue weighted by Gasteiger charge is 2.10. The van der Waals surface area contributed by atoms with E-state index in [-0.39, 0.29) is 5.91 Å². The van der Waals surface area contributed by atoms with Crippen molar-refractivity contribution < 1.29 is 14.3 Å². The lowest BCUT2D eigenvalue weighted by Crippen LogP contribution is -2.16. The van der Waals surface area contributed by atoms with E-state index >= 15 is 0 Å². The average molecular weight is 380 g/mol. The van der Waals surface area contributed by atoms with Crippen molar-refractivity contribution >= 4 is 27.5 Å². The summed E-state index contributed by atoms with van der Waals surface area (Å²) < 4.78 is 13.8. The number of carbonyl (C=O) groups is 1. The molecule has 0 aliphatic rings. The van der Waals surface area contributed by atoms with Gasteiger partial charge >= 0.3 is 0 Å². The molecule has 3 aromatic rings. The Bertz CT molecular complexity index is 1060. The molecular weight excluding hydrogens is 360 g/mol. The second-order valence-electron chi connectivity index (χ2n) is 5.61. The molecule has 5 nitrogen and oxygen atoms in total. The molecule has 0 saturated heterocycles. The first-order valence-corrected chi connectivity index (χ1v) is 9.49. The fraction of sp³-hybridized carbons (Fsp3) is 0.238. The maximum atomic E-state index is 12.6. The van der Waals surface area contributed by atoms with Crippen molar-refractivity contribution in [2.24, 2.45) is 4.99 Å². The van der Waals surface area contributed by atoms with Gasteiger partial charge in [-0.05, 0) is 56.3 Å². The summed E-state index contributed by atoms with van der Waals surface area (Å²) in [4.78, 5) is 17.5. The molecule has 0 aliphatic heterocycles. The highest BCUT2D eigenvalue weighted by atomic mass is 32.1. The van der Waals surface area contributed by atoms with Crippen molar-refractivity contribution in [2.75, 3.05) is 13.2 Å². The largest absolute Gasteiger partial charge is 0.494 e. The minimum atomic E-state index is -0.319. The van der Waals surface area contributed by atoms with Gasteiger partial charge in [0.15, 0.2) is 4.80 Å². The van der Waals surface area contributed by atoms with Gasteiger partial charge < -0.3 is 14.0 Å². The van der Waals surface area contributed by atoms with E-state index in [0.717, 1.165) is 21.7 Å². The van der Waals surface area contributed by atoms with Gasteiger partial charge in [-0.2, -0.15) is 4.99 Å². The van der Waals surface area contributed by atoms with E-state index in [9.17, 15) is 4.79 Å². The van der Waals surface area contributed by atoms with Crippen LogP contribution < -0.4 is 14.3 Å². The predicted octanol–water partition coefficient (Wildman–Crippen LogP) is 3.87. The number of terminal acetylenes is 1. The Morgan fingerprint density at radius 3 is 2.44 bits per heavy atom. The van der Waals surface area contributed by atoms with E-state index in [4.69, 9.17) is 15.9 Å². The van der Waals surface area contributed by atoms with Gasteiger partial charge in [0.1, 0.15) is 11.5 Å². The molecule has 0 aliphatic carbocycles. The number of benzene rings is 2. The minimum Gasteiger partial charge on any atom is -0.494 e. The van der Waals surface area contributed by atoms with Gasteiger partial charge in [0.05, 0.1) is 30.0 Å². The molecule has 0 fully saturated rings. The second kappa shape index (κ2) is 8.56. The van der Waals surface area contributed by atoms with Crippen LogP contribution in [0.2, 0.25) is 0 Å². The number of hydrogen-bond donors (Lipinski definition) is 0. The van der Waals surface area contributed by atoms with Gasteiger partial charge in [-0.25, -0.2) is 0 Å². The molecule has 1 heterocycles. The summed E-state index contributed by atoms with van der Waals surface area (Å²) in [6.07, 6.45) is 5.51. The van der Waals surface area contributed by atoms with Gasteiger partial charge in [0.25, 0.3) is 5.91 Å². The molecule has 0 N–H and O–H groups in total. The van der Waals surface area contributed by atoms with Gasteiger partial charge in [-0.3, -0.25) is 4.79 Å². The molecule has 2 aromatic carbocycles. The van der Waals surface area contributed by atoms with E-state index in [1.165, 1.54) is 11.3 Å². The lowest BCUT2D eigenvalue weighted by Gasteiger charge is -2.04. The molecule has 1 amide bonds. The summed E-state index contributed by atoms with van der Waals surface area (Å²) >= 11 is 1.41. The molecule has 1 aromatic heterocycles. The van der Waals surface area contributed by atoms with Crippen molar-refractivity contribution in [2.45, 2.75) is 20.4 Å². The highest BCUT2D eigenvalue weighted by Crippen LogP contribution is 2.23. The maximum Gasteiger partial charge on any atom is 0.279 e. The standard InChI is InChI=1S/C21H20N2O3S/c1-4-13-23-18-12-11-17(26-6-3)14-19(18)27-21(23)22-20(24)15-7-9-16(10-8-15)25-5-2/h1,7-12,14H,5-6,13H2,2-3H3. The molecule has 0 atom stereocenters. The van der Waals surface area contributed by atoms with Crippen LogP contribution in [0.25, 0.3) is 10.2 Å². The molecular formula is C21H20N2O3S. The third-order valence-electron chi connectivity index (χ3n) is 3.82. The quantitative estimate of drug-likeness (QED) is 0.610. The van der Waals surface area contributed by atoms with E-state index in [1.807, 2.05) is 36.6 Å². The molecule has 0 bridgehead atoms. The first-order valence-electron chi connectivity index (χ1n) is 8.67. The zero-order valence-electron chi connectivity index (χ0n) is 15.3. The maximum absolute atomic E-state index is 12.6. The summed E-state index contributed by atoms with van der Waals surface area (Å²) in [6.45, 7) is 5.36. The monoisotopic (exact) mass is 380 g/mol. The second-order valence-corrected chi connectivity index (χ2v) is 6.62. The Morgan fingerprint density at radius 2 is 1.78 bits per heavy atom. The number of ether oxygens (including phenoxy) is 2. The van der Waals surface area contributed by atoms with Crippen LogP contribution in [0.3, 0.4) is 0 Å². The predicted molar refractivity (Wildman–Crippen MR) is 107 cm³/mol. The molecule has 0 spiro atoms. The molecule has 27 heavy (non-hydrogen) atoms. The van der Waals surface area contributed by atoms with Crippen LogP contribution in [0, 0.1) is 12.3 Å². The summed E-state index contributed by atoms with van der Waals surface area (Å²) in [5, 5.41) is 0. The lowest BCUT2D eigenvalue weighted by atomic mass is 10.2. The molecule has 138 valence electrons. The van der Waals surface area contributed by atoms with Crippen LogP contribution in [0.15, 0.2) is 47.5 Å². The van der Waals surface area contributed by atoms with Gasteiger partial charge in [-0.15, -0.1) is 6.42 Å². The Balaban J connectivity index is 2.01. The van der Waals surface area contributed by atoms with Crippen LogP contribution in [-0.2, 0) is 6.54 Å². The topological polar surface area (TPSA) is 52.8 Å². The fourth-order valence-electron chi connectivity index (χ4n) is 2.65. The number of hydrogen-bond acceptors (Lipinski definition) is 4. The first kappa shape index (κ1) is 18.7. The van der Waals surface area contributed by atoms with E-state index in [0.29, 0.717) is 30.1 Å². The number of amides is 1. The first-order chi connectivity index (χ1) is 13.2. The number of nitrogens with zero attached hydrogens (tertiary/aromatic N) is 2. The molecule has 0 radical (unpaired) electrons. The van der Waals surface area contributed by atoms with Crippen molar-refractivity contribution in [3.63, 3.8) is 0 Å². The fourth-order valence-corrected chi connectivity index (χ4v) is 3.71. The third-order valence-corrected chi connectivity index (χ3v) is 4.87. The van der Waals surface area contributed by atoms with Crippen LogP contribution in [0.5, 0.6) is 11.5 Å². The van der Waals surface area contributed by atoms with Crippen LogP contribution in [-0.4, -0.2) is 23.7 Å². The van der Waals surface area contributed by atoms with E-state index < -0.39 is 0 Å². The Labute approximate surface area is 161 Å². The van der Waals surface area contributed by atoms with Crippen LogP contribution in [0.4, 0.5) is 0 Å². The number of thiazole rings is 1. The summed E-state index contributed by atoms with van der Waals surface area (Å²) in [5.41, 5.74) is 1.43. The molecule has 6 heteroatoms. The van der Waals surface area contributed by atoms with E-state index in [2.05, 4.69) is 10.9 Å². The number of aromatic nitrogens is 1. The molecule has 3 rings (SSSR count). The smallest absolute Gasteiger partial charge is 0.279 e. The molecule has 0 saturated carbocycles. The van der Waals surface area contributed by atoms with Crippen molar-refractivity contribution in [3.8, 4) is 23.8 Å². The van der Waals surface area contributed by atoms with Crippen LogP contribution in [0.1, 0.15) is 24.2 Å². The average Bonchev–Trinajstić information content (AvgIpc) is 3.00. The van der Waals surface area contributed by atoms with Crippen molar-refractivity contribution in [1.82, 2.24) is 4.57 Å². The zero-order valence-corrected chi connectivity index (χ0v) is 16.1. The summed E-state index contributed by atoms with van der Waals surface area (Å²) in [5.74, 6) is 3.81. The zero-order chi connectivity index (χ0) is 19.2. The third kappa shape index (κ3) is 4.21. The summed E-state index contributed by atoms with van der Waals surface area (Å²) in [6, 6.07) is 12.7. The van der Waals surface area contributed by atoms with Gasteiger partial charge in [-0.1, -0.05) is 17.3 Å². The Hall–Kier alpha value is -3.04. The normalized spacial score (nSPS) is 11.4. The van der Waals surface area contributed by atoms with Crippen molar-refractivity contribution in [3.05, 3.63) is 52.8 Å². The summed E-state index contributed by atoms with van der Waals surface area (Å²) in [7, 11) is 0. The Morgan fingerprint density at radius 1 is 1.11 bits per heavy atom. The molecule has 0 unspecified atom stereocenters. The number of rotatable bonds is 6. The minimum absolute atomic E-state index is 0.319. The SMILES string of the molecule is C#CCn1c(=NC(=O)c2ccc(OCC)cc2)sc2cc(OCC)ccc21. The highest BCUT2D eigenvalue weighted by molar-refractivity contribution is 7.16. The van der Waals surface area contributed by atoms with E-state index in [1.54, 1.807) is 24.3 Å². The Kier molecular flexibility index (Phi) is 5.94. The lowest BCUT2D eigenvalue weighted by molar-refractivity contribution is 0.0998. The number of carbonyl (C=O) groups excluding carboxylic acids is 1. The van der Waals surface area contributed by atoms with Crippen molar-refractivity contribution in [1.29, 1.82) is 0 Å². The van der Waals surface area contributed by atoms with Crippen LogP contribution >= 0.6 is 11.3 Å².